The summed E-state index contributed by atoms with van der Waals surface area (Å²) in [5.74, 6) is 0.379. The molecule has 2 heteroatoms. The van der Waals surface area contributed by atoms with Crippen molar-refractivity contribution in [1.82, 2.24) is 0 Å². The van der Waals surface area contributed by atoms with Gasteiger partial charge in [-0.05, 0) is 53.4 Å². The monoisotopic (exact) mass is 290 g/mol. The van der Waals surface area contributed by atoms with E-state index in [2.05, 4.69) is 6.07 Å². The minimum atomic E-state index is -0.235. The summed E-state index contributed by atoms with van der Waals surface area (Å²) >= 11 is 0. The van der Waals surface area contributed by atoms with Crippen molar-refractivity contribution in [3.63, 3.8) is 0 Å². The number of fused-ring (bicyclic) bond motifs is 1. The molecule has 110 valence electrons. The molecule has 0 aliphatic heterocycles. The molecule has 0 aliphatic carbocycles. The smallest absolute Gasteiger partial charge is 0.315 e. The number of hydrogen-bond acceptors (Lipinski definition) is 2. The van der Waals surface area contributed by atoms with Crippen molar-refractivity contribution >= 4 is 16.7 Å². The topological polar surface area (TPSA) is 26.3 Å². The lowest BCUT2D eigenvalue weighted by Gasteiger charge is -2.08. The molecule has 0 atom stereocenters. The van der Waals surface area contributed by atoms with Crippen LogP contribution >= 0.6 is 0 Å². The fraction of sp³-hybridized carbons (Fsp3) is 0.150. The molecule has 0 heterocycles. The standard InChI is InChI=1S/C20H18O2/c1-14-10-15(2)12-18(11-14)22-20(21)13-17-8-5-7-16-6-3-4-9-19(16)17/h3-12H,13H2,1-2H3. The Morgan fingerprint density at radius 2 is 1.59 bits per heavy atom. The fourth-order valence-corrected chi connectivity index (χ4v) is 2.76. The highest BCUT2D eigenvalue weighted by molar-refractivity contribution is 5.89. The van der Waals surface area contributed by atoms with E-state index < -0.39 is 0 Å². The van der Waals surface area contributed by atoms with E-state index in [1.165, 1.54) is 0 Å². The van der Waals surface area contributed by atoms with Crippen LogP contribution in [0.5, 0.6) is 5.75 Å². The lowest BCUT2D eigenvalue weighted by molar-refractivity contribution is -0.133. The molecule has 2 nitrogen and oxygen atoms in total. The van der Waals surface area contributed by atoms with E-state index in [-0.39, 0.29) is 12.4 Å². The third kappa shape index (κ3) is 3.17. The lowest BCUT2D eigenvalue weighted by atomic mass is 10.0. The summed E-state index contributed by atoms with van der Waals surface area (Å²) in [7, 11) is 0. The molecule has 0 unspecified atom stereocenters. The number of ether oxygens (including phenoxy) is 1. The van der Waals surface area contributed by atoms with Crippen LogP contribution in [0.2, 0.25) is 0 Å². The number of esters is 1. The number of hydrogen-bond donors (Lipinski definition) is 0. The van der Waals surface area contributed by atoms with Gasteiger partial charge in [0.05, 0.1) is 6.42 Å². The summed E-state index contributed by atoms with van der Waals surface area (Å²) in [5, 5.41) is 2.24. The Labute approximate surface area is 130 Å². The normalized spacial score (nSPS) is 10.6. The van der Waals surface area contributed by atoms with E-state index in [0.29, 0.717) is 5.75 Å². The SMILES string of the molecule is Cc1cc(C)cc(OC(=O)Cc2cccc3ccccc23)c1. The third-order valence-corrected chi connectivity index (χ3v) is 3.64. The summed E-state index contributed by atoms with van der Waals surface area (Å²) in [4.78, 5) is 12.2. The Kier molecular flexibility index (Phi) is 3.92. The molecule has 0 fully saturated rings. The van der Waals surface area contributed by atoms with E-state index in [0.717, 1.165) is 27.5 Å². The van der Waals surface area contributed by atoms with Gasteiger partial charge in [-0.25, -0.2) is 0 Å². The zero-order chi connectivity index (χ0) is 15.5. The van der Waals surface area contributed by atoms with Gasteiger partial charge >= 0.3 is 5.97 Å². The van der Waals surface area contributed by atoms with Gasteiger partial charge in [-0.3, -0.25) is 4.79 Å². The second-order valence-corrected chi connectivity index (χ2v) is 5.61. The maximum Gasteiger partial charge on any atom is 0.315 e. The molecule has 0 amide bonds. The largest absolute Gasteiger partial charge is 0.426 e. The molecule has 3 aromatic rings. The van der Waals surface area contributed by atoms with Crippen LogP contribution in [-0.4, -0.2) is 5.97 Å². The van der Waals surface area contributed by atoms with Crippen LogP contribution in [0.1, 0.15) is 16.7 Å². The van der Waals surface area contributed by atoms with Gasteiger partial charge in [0.1, 0.15) is 5.75 Å². The van der Waals surface area contributed by atoms with Gasteiger partial charge in [0.2, 0.25) is 0 Å². The summed E-state index contributed by atoms with van der Waals surface area (Å²) in [6.45, 7) is 3.99. The van der Waals surface area contributed by atoms with E-state index >= 15 is 0 Å². The molecule has 3 rings (SSSR count). The van der Waals surface area contributed by atoms with Crippen molar-refractivity contribution in [2.24, 2.45) is 0 Å². The van der Waals surface area contributed by atoms with Gasteiger partial charge in [-0.2, -0.15) is 0 Å². The molecule has 0 saturated carbocycles. The predicted molar refractivity (Wildman–Crippen MR) is 89.2 cm³/mol. The van der Waals surface area contributed by atoms with Crippen molar-refractivity contribution < 1.29 is 9.53 Å². The lowest BCUT2D eigenvalue weighted by Crippen LogP contribution is -2.11. The number of carbonyl (C=O) groups is 1. The van der Waals surface area contributed by atoms with E-state index in [4.69, 9.17) is 4.74 Å². The quantitative estimate of drug-likeness (QED) is 0.520. The van der Waals surface area contributed by atoms with Crippen molar-refractivity contribution in [3.8, 4) is 5.75 Å². The van der Waals surface area contributed by atoms with E-state index in [1.54, 1.807) is 0 Å². The van der Waals surface area contributed by atoms with Crippen LogP contribution in [0.3, 0.4) is 0 Å². The first-order valence-electron chi connectivity index (χ1n) is 7.37. The Hall–Kier alpha value is -2.61. The average Bonchev–Trinajstić information content (AvgIpc) is 2.46. The molecule has 0 aliphatic rings. The second-order valence-electron chi connectivity index (χ2n) is 5.61. The fourth-order valence-electron chi connectivity index (χ4n) is 2.76. The molecule has 22 heavy (non-hydrogen) atoms. The predicted octanol–water partition coefficient (Wildman–Crippen LogP) is 4.60. The Morgan fingerprint density at radius 1 is 0.909 bits per heavy atom. The molecular formula is C20H18O2. The Balaban J connectivity index is 1.81. The summed E-state index contributed by atoms with van der Waals surface area (Å²) in [5.41, 5.74) is 3.17. The molecule has 0 spiro atoms. The minimum absolute atomic E-state index is 0.235. The van der Waals surface area contributed by atoms with E-state index in [1.807, 2.05) is 68.4 Å². The summed E-state index contributed by atoms with van der Waals surface area (Å²) < 4.78 is 5.49. The van der Waals surface area contributed by atoms with Gasteiger partial charge in [-0.1, -0.05) is 48.5 Å². The molecule has 0 radical (unpaired) electrons. The maximum atomic E-state index is 12.2. The van der Waals surface area contributed by atoms with Crippen LogP contribution in [-0.2, 0) is 11.2 Å². The number of rotatable bonds is 3. The van der Waals surface area contributed by atoms with Crippen molar-refractivity contribution in [2.75, 3.05) is 0 Å². The van der Waals surface area contributed by atoms with Gasteiger partial charge in [0.25, 0.3) is 0 Å². The zero-order valence-corrected chi connectivity index (χ0v) is 12.8. The first-order chi connectivity index (χ1) is 10.6. The van der Waals surface area contributed by atoms with Crippen molar-refractivity contribution in [2.45, 2.75) is 20.3 Å². The van der Waals surface area contributed by atoms with Crippen LogP contribution < -0.4 is 4.74 Å². The van der Waals surface area contributed by atoms with Crippen LogP contribution in [0.15, 0.2) is 60.7 Å². The summed E-state index contributed by atoms with van der Waals surface area (Å²) in [6.07, 6.45) is 0.272. The molecule has 3 aromatic carbocycles. The van der Waals surface area contributed by atoms with E-state index in [9.17, 15) is 4.79 Å². The Bertz CT molecular complexity index is 808. The maximum absolute atomic E-state index is 12.2. The van der Waals surface area contributed by atoms with Gasteiger partial charge < -0.3 is 4.74 Å². The first kappa shape index (κ1) is 14.3. The minimum Gasteiger partial charge on any atom is -0.426 e. The van der Waals surface area contributed by atoms with Gasteiger partial charge in [-0.15, -0.1) is 0 Å². The first-order valence-corrected chi connectivity index (χ1v) is 7.37. The van der Waals surface area contributed by atoms with Gasteiger partial charge in [0.15, 0.2) is 0 Å². The highest BCUT2D eigenvalue weighted by atomic mass is 16.5. The van der Waals surface area contributed by atoms with Crippen molar-refractivity contribution in [1.29, 1.82) is 0 Å². The molecule has 0 N–H and O–H groups in total. The molecule has 0 saturated heterocycles. The average molecular weight is 290 g/mol. The van der Waals surface area contributed by atoms with Crippen LogP contribution in [0, 0.1) is 13.8 Å². The Morgan fingerprint density at radius 3 is 2.36 bits per heavy atom. The number of benzene rings is 3. The van der Waals surface area contributed by atoms with Crippen LogP contribution in [0.4, 0.5) is 0 Å². The molecule has 0 bridgehead atoms. The van der Waals surface area contributed by atoms with Crippen LogP contribution in [0.25, 0.3) is 10.8 Å². The number of carbonyl (C=O) groups excluding carboxylic acids is 1. The second kappa shape index (κ2) is 6.02. The number of aryl methyl sites for hydroxylation is 2. The van der Waals surface area contributed by atoms with Gasteiger partial charge in [0, 0.05) is 0 Å². The summed E-state index contributed by atoms with van der Waals surface area (Å²) in [6, 6.07) is 19.9. The highest BCUT2D eigenvalue weighted by Crippen LogP contribution is 2.21. The third-order valence-electron chi connectivity index (χ3n) is 3.64. The highest BCUT2D eigenvalue weighted by Gasteiger charge is 2.09. The molecular weight excluding hydrogens is 272 g/mol. The zero-order valence-electron chi connectivity index (χ0n) is 12.8. The van der Waals surface area contributed by atoms with Crippen molar-refractivity contribution in [3.05, 3.63) is 77.4 Å². The molecule has 0 aromatic heterocycles.